The summed E-state index contributed by atoms with van der Waals surface area (Å²) in [6.07, 6.45) is 4.63. The zero-order valence-electron chi connectivity index (χ0n) is 12.2. The molecule has 1 aliphatic heterocycles. The highest BCUT2D eigenvalue weighted by molar-refractivity contribution is 7.07. The molecule has 5 heteroatoms. The van der Waals surface area contributed by atoms with E-state index in [4.69, 9.17) is 4.74 Å². The molecule has 3 atom stereocenters. The first-order valence-electron chi connectivity index (χ1n) is 7.65. The van der Waals surface area contributed by atoms with Crippen LogP contribution in [0.25, 0.3) is 0 Å². The van der Waals surface area contributed by atoms with Crippen molar-refractivity contribution in [2.24, 2.45) is 5.92 Å². The number of hydrogen-bond acceptors (Lipinski definition) is 4. The van der Waals surface area contributed by atoms with Crippen LogP contribution in [0.2, 0.25) is 0 Å². The van der Waals surface area contributed by atoms with Gasteiger partial charge in [-0.1, -0.05) is 6.07 Å². The number of ether oxygens (including phenoxy) is 1. The summed E-state index contributed by atoms with van der Waals surface area (Å²) in [7, 11) is 0. The Balaban J connectivity index is 1.41. The van der Waals surface area contributed by atoms with E-state index < -0.39 is 0 Å². The molecule has 1 amide bonds. The third-order valence-corrected chi connectivity index (χ3v) is 5.21. The lowest BCUT2D eigenvalue weighted by molar-refractivity contribution is -0.140. The smallest absolute Gasteiger partial charge is 0.226 e. The molecule has 4 rings (SSSR count). The van der Waals surface area contributed by atoms with Crippen molar-refractivity contribution in [3.05, 3.63) is 52.5 Å². The molecule has 0 radical (unpaired) electrons. The highest BCUT2D eigenvalue weighted by atomic mass is 32.1. The van der Waals surface area contributed by atoms with Crippen LogP contribution in [0.3, 0.4) is 0 Å². The van der Waals surface area contributed by atoms with E-state index in [0.29, 0.717) is 25.6 Å². The summed E-state index contributed by atoms with van der Waals surface area (Å²) in [6.45, 7) is 2.00. The average molecular weight is 314 g/mol. The topological polar surface area (TPSA) is 42.4 Å². The number of nitrogens with zero attached hydrogens (tertiary/aromatic N) is 2. The van der Waals surface area contributed by atoms with Gasteiger partial charge < -0.3 is 9.64 Å². The summed E-state index contributed by atoms with van der Waals surface area (Å²) >= 11 is 1.67. The first kappa shape index (κ1) is 13.9. The van der Waals surface area contributed by atoms with Gasteiger partial charge in [-0.25, -0.2) is 0 Å². The largest absolute Gasteiger partial charge is 0.370 e. The molecule has 2 aliphatic rings. The van der Waals surface area contributed by atoms with E-state index >= 15 is 0 Å². The van der Waals surface area contributed by atoms with Crippen molar-refractivity contribution >= 4 is 17.2 Å². The van der Waals surface area contributed by atoms with Crippen LogP contribution in [0, 0.1) is 5.92 Å². The second-order valence-corrected chi connectivity index (χ2v) is 6.72. The van der Waals surface area contributed by atoms with E-state index in [1.807, 2.05) is 17.2 Å². The third kappa shape index (κ3) is 2.66. The molecular formula is C17H18N2O2S. The second kappa shape index (κ2) is 5.82. The minimum atomic E-state index is 0.0274. The molecule has 2 aromatic heterocycles. The minimum absolute atomic E-state index is 0.0274. The molecule has 0 aromatic carbocycles. The number of amides is 1. The number of carbonyl (C=O) groups is 1. The highest BCUT2D eigenvalue weighted by Crippen LogP contribution is 2.48. The Hall–Kier alpha value is -1.72. The van der Waals surface area contributed by atoms with Crippen molar-refractivity contribution in [1.29, 1.82) is 0 Å². The van der Waals surface area contributed by atoms with Gasteiger partial charge in [0.15, 0.2) is 0 Å². The standard InChI is InChI=1S/C17H18N2O2S/c20-17(15-8-14(15)12-2-1-4-18-9-12)19-5-6-21-16(10-19)13-3-7-22-11-13/h1-4,7,9,11,14-16H,5-6,8,10H2/t14-,15+,16?/m0/s1. The van der Waals surface area contributed by atoms with Crippen molar-refractivity contribution in [1.82, 2.24) is 9.88 Å². The monoisotopic (exact) mass is 314 g/mol. The maximum absolute atomic E-state index is 12.7. The van der Waals surface area contributed by atoms with Crippen LogP contribution in [-0.4, -0.2) is 35.5 Å². The Morgan fingerprint density at radius 1 is 1.36 bits per heavy atom. The van der Waals surface area contributed by atoms with Crippen molar-refractivity contribution in [3.63, 3.8) is 0 Å². The predicted octanol–water partition coefficient (Wildman–Crippen LogP) is 2.85. The van der Waals surface area contributed by atoms with Gasteiger partial charge in [0.05, 0.1) is 13.2 Å². The molecule has 1 saturated heterocycles. The zero-order valence-corrected chi connectivity index (χ0v) is 13.0. The number of hydrogen-bond donors (Lipinski definition) is 0. The average Bonchev–Trinajstić information content (AvgIpc) is 3.19. The van der Waals surface area contributed by atoms with Crippen LogP contribution in [-0.2, 0) is 9.53 Å². The Kier molecular flexibility index (Phi) is 3.68. The van der Waals surface area contributed by atoms with Crippen LogP contribution in [0.1, 0.15) is 29.6 Å². The fourth-order valence-corrected chi connectivity index (χ4v) is 3.88. The fourth-order valence-electron chi connectivity index (χ4n) is 3.18. The van der Waals surface area contributed by atoms with Crippen LogP contribution < -0.4 is 0 Å². The molecule has 1 aliphatic carbocycles. The van der Waals surface area contributed by atoms with Crippen LogP contribution in [0.4, 0.5) is 0 Å². The van der Waals surface area contributed by atoms with Gasteiger partial charge in [0.2, 0.25) is 5.91 Å². The maximum Gasteiger partial charge on any atom is 0.226 e. The quantitative estimate of drug-likeness (QED) is 0.875. The molecule has 2 aromatic rings. The second-order valence-electron chi connectivity index (χ2n) is 5.94. The number of aromatic nitrogens is 1. The van der Waals surface area contributed by atoms with Crippen molar-refractivity contribution in [2.45, 2.75) is 18.4 Å². The number of morpholine rings is 1. The molecule has 0 N–H and O–H groups in total. The van der Waals surface area contributed by atoms with Gasteiger partial charge in [0, 0.05) is 24.9 Å². The lowest BCUT2D eigenvalue weighted by Crippen LogP contribution is -2.43. The SMILES string of the molecule is O=C([C@@H]1C[C@H]1c1cccnc1)N1CCOC(c2ccsc2)C1. The van der Waals surface area contributed by atoms with Gasteiger partial charge in [-0.15, -0.1) is 0 Å². The van der Waals surface area contributed by atoms with Crippen LogP contribution in [0.5, 0.6) is 0 Å². The molecule has 1 unspecified atom stereocenters. The number of carbonyl (C=O) groups excluding carboxylic acids is 1. The number of thiophene rings is 1. The molecule has 3 heterocycles. The van der Waals surface area contributed by atoms with Gasteiger partial charge in [0.1, 0.15) is 6.10 Å². The van der Waals surface area contributed by atoms with E-state index in [2.05, 4.69) is 27.9 Å². The first-order chi connectivity index (χ1) is 10.8. The summed E-state index contributed by atoms with van der Waals surface area (Å²) in [5.41, 5.74) is 2.37. The Bertz CT molecular complexity index is 644. The highest BCUT2D eigenvalue weighted by Gasteiger charge is 2.46. The summed E-state index contributed by atoms with van der Waals surface area (Å²) in [4.78, 5) is 18.8. The molecule has 114 valence electrons. The van der Waals surface area contributed by atoms with E-state index in [1.165, 1.54) is 11.1 Å². The van der Waals surface area contributed by atoms with Gasteiger partial charge >= 0.3 is 0 Å². The molecule has 4 nitrogen and oxygen atoms in total. The molecule has 0 spiro atoms. The number of pyridine rings is 1. The van der Waals surface area contributed by atoms with Crippen LogP contribution >= 0.6 is 11.3 Å². The van der Waals surface area contributed by atoms with Gasteiger partial charge in [-0.3, -0.25) is 9.78 Å². The molecule has 2 fully saturated rings. The van der Waals surface area contributed by atoms with Crippen molar-refractivity contribution in [2.75, 3.05) is 19.7 Å². The Labute approximate surface area is 133 Å². The first-order valence-corrected chi connectivity index (χ1v) is 8.59. The Morgan fingerprint density at radius 3 is 3.09 bits per heavy atom. The van der Waals surface area contributed by atoms with Crippen molar-refractivity contribution in [3.8, 4) is 0 Å². The fraction of sp³-hybridized carbons (Fsp3) is 0.412. The van der Waals surface area contributed by atoms with Gasteiger partial charge in [-0.05, 0) is 46.4 Å². The van der Waals surface area contributed by atoms with E-state index in [-0.39, 0.29) is 17.9 Å². The molecular weight excluding hydrogens is 296 g/mol. The molecule has 0 bridgehead atoms. The summed E-state index contributed by atoms with van der Waals surface area (Å²) in [6, 6.07) is 6.09. The Morgan fingerprint density at radius 2 is 2.32 bits per heavy atom. The lowest BCUT2D eigenvalue weighted by atomic mass is 10.1. The molecule has 22 heavy (non-hydrogen) atoms. The summed E-state index contributed by atoms with van der Waals surface area (Å²) < 4.78 is 5.82. The van der Waals surface area contributed by atoms with E-state index in [0.717, 1.165) is 6.42 Å². The minimum Gasteiger partial charge on any atom is -0.370 e. The van der Waals surface area contributed by atoms with Gasteiger partial charge in [-0.2, -0.15) is 11.3 Å². The predicted molar refractivity (Wildman–Crippen MR) is 84.7 cm³/mol. The normalized spacial score (nSPS) is 27.6. The summed E-state index contributed by atoms with van der Waals surface area (Å²) in [5, 5.41) is 4.16. The maximum atomic E-state index is 12.7. The third-order valence-electron chi connectivity index (χ3n) is 4.51. The zero-order chi connectivity index (χ0) is 14.9. The van der Waals surface area contributed by atoms with Crippen molar-refractivity contribution < 1.29 is 9.53 Å². The molecule has 1 saturated carbocycles. The lowest BCUT2D eigenvalue weighted by Gasteiger charge is -2.33. The van der Waals surface area contributed by atoms with E-state index in [1.54, 1.807) is 17.5 Å². The number of rotatable bonds is 3. The van der Waals surface area contributed by atoms with Gasteiger partial charge in [0.25, 0.3) is 0 Å². The van der Waals surface area contributed by atoms with E-state index in [9.17, 15) is 4.79 Å². The summed E-state index contributed by atoms with van der Waals surface area (Å²) in [5.74, 6) is 0.756. The van der Waals surface area contributed by atoms with Crippen LogP contribution in [0.15, 0.2) is 41.4 Å².